The van der Waals surface area contributed by atoms with E-state index >= 15 is 0 Å². The van der Waals surface area contributed by atoms with E-state index in [1.54, 1.807) is 0 Å². The molecule has 0 saturated heterocycles. The molecule has 13 heavy (non-hydrogen) atoms. The number of hydrogen-bond donors (Lipinski definition) is 1. The molecule has 2 nitrogen and oxygen atoms in total. The first-order valence-corrected chi connectivity index (χ1v) is 5.77. The van der Waals surface area contributed by atoms with Crippen LogP contribution in [0.1, 0.15) is 43.1 Å². The highest BCUT2D eigenvalue weighted by Gasteiger charge is 2.07. The third-order valence-electron chi connectivity index (χ3n) is 2.00. The van der Waals surface area contributed by atoms with Gasteiger partial charge in [0.05, 0.1) is 5.01 Å². The standard InChI is InChI=1S/C10H18N2S/c1-4-6-11-8(3)9-7-12-10(5-2)13-9/h7-8,11H,4-6H2,1-3H3. The molecule has 0 aliphatic carbocycles. The van der Waals surface area contributed by atoms with E-state index in [2.05, 4.69) is 31.1 Å². The highest BCUT2D eigenvalue weighted by molar-refractivity contribution is 7.11. The molecule has 0 spiro atoms. The average Bonchev–Trinajstić information content (AvgIpc) is 2.62. The number of aryl methyl sites for hydroxylation is 1. The van der Waals surface area contributed by atoms with Crippen LogP contribution in [0.25, 0.3) is 0 Å². The first-order valence-electron chi connectivity index (χ1n) is 4.95. The Hall–Kier alpha value is -0.410. The van der Waals surface area contributed by atoms with Crippen molar-refractivity contribution in [2.24, 2.45) is 0 Å². The molecule has 0 bridgehead atoms. The van der Waals surface area contributed by atoms with E-state index in [9.17, 15) is 0 Å². The smallest absolute Gasteiger partial charge is 0.0925 e. The lowest BCUT2D eigenvalue weighted by Crippen LogP contribution is -2.18. The van der Waals surface area contributed by atoms with E-state index < -0.39 is 0 Å². The Balaban J connectivity index is 2.50. The van der Waals surface area contributed by atoms with Gasteiger partial charge in [-0.15, -0.1) is 11.3 Å². The van der Waals surface area contributed by atoms with Crippen LogP contribution in [0.3, 0.4) is 0 Å². The van der Waals surface area contributed by atoms with Gasteiger partial charge in [-0.3, -0.25) is 0 Å². The van der Waals surface area contributed by atoms with Crippen LogP contribution in [0.5, 0.6) is 0 Å². The first-order chi connectivity index (χ1) is 6.27. The maximum Gasteiger partial charge on any atom is 0.0925 e. The molecular weight excluding hydrogens is 180 g/mol. The minimum Gasteiger partial charge on any atom is -0.309 e. The van der Waals surface area contributed by atoms with E-state index in [0.29, 0.717) is 6.04 Å². The van der Waals surface area contributed by atoms with Crippen molar-refractivity contribution in [3.8, 4) is 0 Å². The SMILES string of the molecule is CCCNC(C)c1cnc(CC)s1. The van der Waals surface area contributed by atoms with Crippen LogP contribution in [0.2, 0.25) is 0 Å². The van der Waals surface area contributed by atoms with Gasteiger partial charge in [0.1, 0.15) is 0 Å². The zero-order valence-corrected chi connectivity index (χ0v) is 9.45. The van der Waals surface area contributed by atoms with Crippen LogP contribution in [0.15, 0.2) is 6.20 Å². The number of aromatic nitrogens is 1. The third kappa shape index (κ3) is 3.08. The second-order valence-corrected chi connectivity index (χ2v) is 4.33. The van der Waals surface area contributed by atoms with E-state index in [0.717, 1.165) is 13.0 Å². The van der Waals surface area contributed by atoms with Crippen molar-refractivity contribution in [2.45, 2.75) is 39.7 Å². The van der Waals surface area contributed by atoms with Crippen molar-refractivity contribution in [2.75, 3.05) is 6.54 Å². The first kappa shape index (κ1) is 10.7. The van der Waals surface area contributed by atoms with Crippen LogP contribution in [0.4, 0.5) is 0 Å². The molecule has 0 saturated carbocycles. The quantitative estimate of drug-likeness (QED) is 0.787. The van der Waals surface area contributed by atoms with Gasteiger partial charge in [0, 0.05) is 17.1 Å². The van der Waals surface area contributed by atoms with Gasteiger partial charge in [-0.2, -0.15) is 0 Å². The Kier molecular flexibility index (Phi) is 4.39. The molecule has 0 aromatic carbocycles. The van der Waals surface area contributed by atoms with Crippen molar-refractivity contribution in [1.29, 1.82) is 0 Å². The fourth-order valence-corrected chi connectivity index (χ4v) is 2.04. The molecule has 1 N–H and O–H groups in total. The predicted molar refractivity (Wildman–Crippen MR) is 58.2 cm³/mol. The van der Waals surface area contributed by atoms with Gasteiger partial charge < -0.3 is 5.32 Å². The van der Waals surface area contributed by atoms with E-state index in [-0.39, 0.29) is 0 Å². The Labute approximate surface area is 84.4 Å². The number of nitrogens with one attached hydrogen (secondary N) is 1. The van der Waals surface area contributed by atoms with Crippen molar-refractivity contribution in [3.05, 3.63) is 16.1 Å². The van der Waals surface area contributed by atoms with Crippen molar-refractivity contribution >= 4 is 11.3 Å². The summed E-state index contributed by atoms with van der Waals surface area (Å²) in [5, 5.41) is 4.69. The van der Waals surface area contributed by atoms with Gasteiger partial charge in [0.2, 0.25) is 0 Å². The van der Waals surface area contributed by atoms with Crippen LogP contribution in [0, 0.1) is 0 Å². The summed E-state index contributed by atoms with van der Waals surface area (Å²) in [4.78, 5) is 5.69. The minimum atomic E-state index is 0.456. The number of thiazole rings is 1. The molecule has 1 rings (SSSR count). The van der Waals surface area contributed by atoms with Gasteiger partial charge >= 0.3 is 0 Å². The number of hydrogen-bond acceptors (Lipinski definition) is 3. The Morgan fingerprint density at radius 2 is 2.31 bits per heavy atom. The number of nitrogens with zero attached hydrogens (tertiary/aromatic N) is 1. The Morgan fingerprint density at radius 3 is 2.85 bits per heavy atom. The molecule has 74 valence electrons. The predicted octanol–water partition coefficient (Wildman–Crippen LogP) is 2.77. The molecule has 0 aliphatic heterocycles. The fourth-order valence-electron chi connectivity index (χ4n) is 1.15. The van der Waals surface area contributed by atoms with Crippen LogP contribution < -0.4 is 5.32 Å². The molecule has 0 amide bonds. The molecule has 3 heteroatoms. The van der Waals surface area contributed by atoms with Crippen molar-refractivity contribution in [1.82, 2.24) is 10.3 Å². The summed E-state index contributed by atoms with van der Waals surface area (Å²) >= 11 is 1.82. The second kappa shape index (κ2) is 5.35. The maximum atomic E-state index is 4.34. The van der Waals surface area contributed by atoms with Crippen molar-refractivity contribution < 1.29 is 0 Å². The molecule has 1 aromatic rings. The average molecular weight is 198 g/mol. The molecule has 1 heterocycles. The van der Waals surface area contributed by atoms with Gasteiger partial charge in [0.25, 0.3) is 0 Å². The van der Waals surface area contributed by atoms with Crippen LogP contribution in [-0.4, -0.2) is 11.5 Å². The van der Waals surface area contributed by atoms with Gasteiger partial charge in [0.15, 0.2) is 0 Å². The summed E-state index contributed by atoms with van der Waals surface area (Å²) in [6.45, 7) is 7.61. The fraction of sp³-hybridized carbons (Fsp3) is 0.700. The number of rotatable bonds is 5. The molecular formula is C10H18N2S. The molecule has 0 radical (unpaired) electrons. The summed E-state index contributed by atoms with van der Waals surface area (Å²) < 4.78 is 0. The summed E-state index contributed by atoms with van der Waals surface area (Å²) in [6.07, 6.45) is 4.23. The Morgan fingerprint density at radius 1 is 1.54 bits per heavy atom. The molecule has 1 unspecified atom stereocenters. The molecule has 0 aliphatic rings. The lowest BCUT2D eigenvalue weighted by Gasteiger charge is -2.09. The lowest BCUT2D eigenvalue weighted by atomic mass is 10.3. The highest BCUT2D eigenvalue weighted by Crippen LogP contribution is 2.20. The van der Waals surface area contributed by atoms with Crippen molar-refractivity contribution in [3.63, 3.8) is 0 Å². The zero-order chi connectivity index (χ0) is 9.68. The summed E-state index contributed by atoms with van der Waals surface area (Å²) in [7, 11) is 0. The van der Waals surface area contributed by atoms with Gasteiger partial charge in [-0.1, -0.05) is 13.8 Å². The van der Waals surface area contributed by atoms with E-state index in [1.165, 1.54) is 16.3 Å². The monoisotopic (exact) mass is 198 g/mol. The maximum absolute atomic E-state index is 4.34. The lowest BCUT2D eigenvalue weighted by molar-refractivity contribution is 0.577. The molecule has 1 atom stereocenters. The van der Waals surface area contributed by atoms with Gasteiger partial charge in [-0.25, -0.2) is 4.98 Å². The van der Waals surface area contributed by atoms with Crippen LogP contribution in [-0.2, 0) is 6.42 Å². The van der Waals surface area contributed by atoms with Crippen LogP contribution >= 0.6 is 11.3 Å². The zero-order valence-electron chi connectivity index (χ0n) is 8.63. The Bertz CT molecular complexity index is 245. The second-order valence-electron chi connectivity index (χ2n) is 3.19. The normalized spacial score (nSPS) is 13.2. The van der Waals surface area contributed by atoms with Gasteiger partial charge in [-0.05, 0) is 26.3 Å². The molecule has 0 fully saturated rings. The minimum absolute atomic E-state index is 0.456. The molecule has 1 aromatic heterocycles. The summed E-state index contributed by atoms with van der Waals surface area (Å²) in [5.74, 6) is 0. The topological polar surface area (TPSA) is 24.9 Å². The summed E-state index contributed by atoms with van der Waals surface area (Å²) in [5.41, 5.74) is 0. The van der Waals surface area contributed by atoms with E-state index in [1.807, 2.05) is 17.5 Å². The summed E-state index contributed by atoms with van der Waals surface area (Å²) in [6, 6.07) is 0.456. The highest BCUT2D eigenvalue weighted by atomic mass is 32.1. The third-order valence-corrected chi connectivity index (χ3v) is 3.33. The van der Waals surface area contributed by atoms with E-state index in [4.69, 9.17) is 0 Å². The largest absolute Gasteiger partial charge is 0.309 e.